The Morgan fingerprint density at radius 2 is 2.09 bits per heavy atom. The molecule has 0 saturated carbocycles. The average Bonchev–Trinajstić information content (AvgIpc) is 2.76. The van der Waals surface area contributed by atoms with Crippen molar-refractivity contribution in [1.29, 1.82) is 0 Å². The maximum Gasteiger partial charge on any atom is 0.0433 e. The van der Waals surface area contributed by atoms with Gasteiger partial charge in [-0.05, 0) is 61.1 Å². The van der Waals surface area contributed by atoms with Gasteiger partial charge in [-0.2, -0.15) is 0 Å². The van der Waals surface area contributed by atoms with Gasteiger partial charge in [0.2, 0.25) is 0 Å². The molecule has 0 atom stereocenters. The third kappa shape index (κ3) is 4.13. The van der Waals surface area contributed by atoms with Crippen molar-refractivity contribution in [3.63, 3.8) is 0 Å². The molecule has 23 heavy (non-hydrogen) atoms. The van der Waals surface area contributed by atoms with Crippen LogP contribution in [0.25, 0.3) is 0 Å². The Bertz CT molecular complexity index is 675. The van der Waals surface area contributed by atoms with E-state index in [1.807, 2.05) is 6.08 Å². The van der Waals surface area contributed by atoms with E-state index in [2.05, 4.69) is 81.4 Å². The molecule has 0 aromatic heterocycles. The molecule has 0 amide bonds. The van der Waals surface area contributed by atoms with Crippen molar-refractivity contribution < 1.29 is 0 Å². The van der Waals surface area contributed by atoms with Crippen LogP contribution >= 0.6 is 0 Å². The van der Waals surface area contributed by atoms with Gasteiger partial charge in [0.25, 0.3) is 0 Å². The number of hydrogen-bond acceptors (Lipinski definition) is 1. The van der Waals surface area contributed by atoms with Gasteiger partial charge in [0, 0.05) is 18.8 Å². The highest BCUT2D eigenvalue weighted by Gasteiger charge is 2.17. The van der Waals surface area contributed by atoms with E-state index in [-0.39, 0.29) is 0 Å². The maximum absolute atomic E-state index is 4.19. The van der Waals surface area contributed by atoms with Crippen molar-refractivity contribution in [2.75, 3.05) is 13.1 Å². The second-order valence-corrected chi connectivity index (χ2v) is 6.01. The Kier molecular flexibility index (Phi) is 5.81. The van der Waals surface area contributed by atoms with Gasteiger partial charge in [-0.3, -0.25) is 0 Å². The van der Waals surface area contributed by atoms with Crippen LogP contribution in [0.1, 0.15) is 27.2 Å². The first-order chi connectivity index (χ1) is 11.1. The topological polar surface area (TPSA) is 3.24 Å². The maximum atomic E-state index is 4.19. The van der Waals surface area contributed by atoms with E-state index in [9.17, 15) is 0 Å². The fourth-order valence-electron chi connectivity index (χ4n) is 3.02. The van der Waals surface area contributed by atoms with Crippen molar-refractivity contribution in [3.8, 4) is 0 Å². The zero-order chi connectivity index (χ0) is 16.8. The predicted octanol–water partition coefficient (Wildman–Crippen LogP) is 5.65. The number of hydrogen-bond donors (Lipinski definition) is 0. The van der Waals surface area contributed by atoms with E-state index in [0.29, 0.717) is 0 Å². The molecule has 2 rings (SSSR count). The Balaban J connectivity index is 2.18. The first-order valence-electron chi connectivity index (χ1n) is 8.22. The molecule has 0 N–H and O–H groups in total. The molecule has 1 aliphatic heterocycles. The summed E-state index contributed by atoms with van der Waals surface area (Å²) in [5.74, 6) is 0. The summed E-state index contributed by atoms with van der Waals surface area (Å²) >= 11 is 0. The minimum absolute atomic E-state index is 0.940. The summed E-state index contributed by atoms with van der Waals surface area (Å²) in [4.78, 5) is 2.35. The van der Waals surface area contributed by atoms with E-state index in [4.69, 9.17) is 0 Å². The lowest BCUT2D eigenvalue weighted by Crippen LogP contribution is -2.22. The Morgan fingerprint density at radius 3 is 2.74 bits per heavy atom. The van der Waals surface area contributed by atoms with Crippen LogP contribution in [0.5, 0.6) is 0 Å². The van der Waals surface area contributed by atoms with Gasteiger partial charge in [-0.15, -0.1) is 0 Å². The molecule has 0 saturated heterocycles. The summed E-state index contributed by atoms with van der Waals surface area (Å²) in [6.45, 7) is 16.3. The zero-order valence-corrected chi connectivity index (χ0v) is 14.6. The lowest BCUT2D eigenvalue weighted by atomic mass is 10.0. The fraction of sp³-hybridized carbons (Fsp3) is 0.273. The van der Waals surface area contributed by atoms with Crippen molar-refractivity contribution in [2.24, 2.45) is 0 Å². The first-order valence-corrected chi connectivity index (χ1v) is 8.22. The van der Waals surface area contributed by atoms with Gasteiger partial charge in [-0.25, -0.2) is 0 Å². The monoisotopic (exact) mass is 305 g/mol. The molecule has 0 bridgehead atoms. The fourth-order valence-corrected chi connectivity index (χ4v) is 3.02. The molecule has 1 heteroatoms. The van der Waals surface area contributed by atoms with Crippen LogP contribution in [0.4, 0.5) is 0 Å². The lowest BCUT2D eigenvalue weighted by Gasteiger charge is -2.22. The van der Waals surface area contributed by atoms with Gasteiger partial charge >= 0.3 is 0 Å². The summed E-state index contributed by atoms with van der Waals surface area (Å²) in [6, 6.07) is 0. The first kappa shape index (κ1) is 17.1. The van der Waals surface area contributed by atoms with E-state index >= 15 is 0 Å². The van der Waals surface area contributed by atoms with Crippen LogP contribution < -0.4 is 0 Å². The molecule has 1 aliphatic carbocycles. The second kappa shape index (κ2) is 7.82. The van der Waals surface area contributed by atoms with Gasteiger partial charge < -0.3 is 4.90 Å². The Hall–Kier alpha value is -2.28. The van der Waals surface area contributed by atoms with E-state index in [1.54, 1.807) is 0 Å². The molecular formula is C22H27N. The molecule has 0 aromatic carbocycles. The number of allylic oxidation sites excluding steroid dienone is 10. The molecule has 0 fully saturated rings. The highest BCUT2D eigenvalue weighted by molar-refractivity contribution is 5.51. The third-order valence-corrected chi connectivity index (χ3v) is 4.35. The molecule has 0 radical (unpaired) electrons. The van der Waals surface area contributed by atoms with Crippen LogP contribution in [0, 0.1) is 0 Å². The highest BCUT2D eigenvalue weighted by atomic mass is 15.1. The SMILES string of the molecule is C=C/C(=C\C)C1=CC(C)=C(CN2CC(/C=C\C)=CC2=C)CC=C1. The minimum atomic E-state index is 0.940. The van der Waals surface area contributed by atoms with Gasteiger partial charge in [0.15, 0.2) is 0 Å². The highest BCUT2D eigenvalue weighted by Crippen LogP contribution is 2.26. The summed E-state index contributed by atoms with van der Waals surface area (Å²) in [5.41, 5.74) is 7.66. The zero-order valence-electron chi connectivity index (χ0n) is 14.6. The molecule has 2 aliphatic rings. The molecule has 1 nitrogen and oxygen atoms in total. The van der Waals surface area contributed by atoms with Crippen LogP contribution in [0.2, 0.25) is 0 Å². The smallest absolute Gasteiger partial charge is 0.0433 e. The molecule has 1 heterocycles. The molecule has 120 valence electrons. The average molecular weight is 305 g/mol. The lowest BCUT2D eigenvalue weighted by molar-refractivity contribution is 0.435. The molecule has 0 spiro atoms. The van der Waals surface area contributed by atoms with Crippen LogP contribution in [-0.2, 0) is 0 Å². The minimum Gasteiger partial charge on any atom is -0.364 e. The summed E-state index contributed by atoms with van der Waals surface area (Å²) in [6.07, 6.45) is 18.2. The van der Waals surface area contributed by atoms with Gasteiger partial charge in [0.05, 0.1) is 0 Å². The van der Waals surface area contributed by atoms with Gasteiger partial charge in [-0.1, -0.05) is 55.7 Å². The summed E-state index contributed by atoms with van der Waals surface area (Å²) < 4.78 is 0. The van der Waals surface area contributed by atoms with Crippen molar-refractivity contribution in [1.82, 2.24) is 4.90 Å². The van der Waals surface area contributed by atoms with Gasteiger partial charge in [0.1, 0.15) is 0 Å². The van der Waals surface area contributed by atoms with E-state index in [1.165, 1.54) is 27.9 Å². The second-order valence-electron chi connectivity index (χ2n) is 6.01. The number of nitrogens with zero attached hydrogens (tertiary/aromatic N) is 1. The Morgan fingerprint density at radius 1 is 1.30 bits per heavy atom. The van der Waals surface area contributed by atoms with Crippen LogP contribution in [0.15, 0.2) is 95.3 Å². The van der Waals surface area contributed by atoms with Crippen molar-refractivity contribution >= 4 is 0 Å². The molecule has 0 unspecified atom stereocenters. The molecule has 0 aromatic rings. The summed E-state index contributed by atoms with van der Waals surface area (Å²) in [7, 11) is 0. The largest absolute Gasteiger partial charge is 0.364 e. The van der Waals surface area contributed by atoms with Crippen molar-refractivity contribution in [3.05, 3.63) is 95.3 Å². The summed E-state index contributed by atoms with van der Waals surface area (Å²) in [5, 5.41) is 0. The Labute approximate surface area is 141 Å². The van der Waals surface area contributed by atoms with E-state index in [0.717, 1.165) is 25.2 Å². The quantitative estimate of drug-likeness (QED) is 0.593. The van der Waals surface area contributed by atoms with Crippen LogP contribution in [0.3, 0.4) is 0 Å². The number of rotatable bonds is 5. The standard InChI is InChI=1S/C22H27N/c1-6-10-19-14-18(5)23(15-19)16-22-12-9-11-21(13-17(22)4)20(7-2)8-3/h6-11,13-14H,2,5,12,15-16H2,1,3-4H3/b10-6-,20-8+. The predicted molar refractivity (Wildman–Crippen MR) is 102 cm³/mol. The third-order valence-electron chi connectivity index (χ3n) is 4.35. The van der Waals surface area contributed by atoms with E-state index < -0.39 is 0 Å². The van der Waals surface area contributed by atoms with Crippen LogP contribution in [-0.4, -0.2) is 18.0 Å². The molecular weight excluding hydrogens is 278 g/mol. The normalized spacial score (nSPS) is 19.3. The van der Waals surface area contributed by atoms with Crippen molar-refractivity contribution in [2.45, 2.75) is 27.2 Å².